The van der Waals surface area contributed by atoms with Crippen LogP contribution >= 0.6 is 22.7 Å². The van der Waals surface area contributed by atoms with E-state index in [1.54, 1.807) is 0 Å². The summed E-state index contributed by atoms with van der Waals surface area (Å²) in [6, 6.07) is 19.3. The molecule has 2 aromatic heterocycles. The molecule has 0 radical (unpaired) electrons. The van der Waals surface area contributed by atoms with Gasteiger partial charge in [-0.25, -0.2) is 9.97 Å². The number of aromatic nitrogens is 2. The van der Waals surface area contributed by atoms with Crippen molar-refractivity contribution in [2.45, 2.75) is 0 Å². The zero-order chi connectivity index (χ0) is 20.8. The number of thiazole rings is 2. The topological polar surface area (TPSA) is 121 Å². The Morgan fingerprint density at radius 1 is 0.567 bits per heavy atom. The molecule has 0 aliphatic rings. The fourth-order valence-electron chi connectivity index (χ4n) is 3.45. The molecule has 3 aromatic carbocycles. The first-order valence-electron chi connectivity index (χ1n) is 8.59. The Balaban J connectivity index is 1.91. The Kier molecular flexibility index (Phi) is 3.91. The van der Waals surface area contributed by atoms with Crippen LogP contribution in [0.5, 0.6) is 0 Å². The maximum atomic E-state index is 9.15. The monoisotopic (exact) mass is 418 g/mol. The molecule has 0 bridgehead atoms. The lowest BCUT2D eigenvalue weighted by atomic mass is 10.0. The average molecular weight is 418 g/mol. The molecule has 0 aliphatic heterocycles. The molecule has 0 saturated carbocycles. The Hall–Kier alpha value is -4.34. The fraction of sp³-hybridized carbons (Fsp3) is 0. The van der Waals surface area contributed by atoms with E-state index in [4.69, 9.17) is 21.0 Å². The van der Waals surface area contributed by atoms with Crippen LogP contribution in [0, 0.1) is 45.3 Å². The van der Waals surface area contributed by atoms with E-state index in [1.807, 2.05) is 60.7 Å². The number of hydrogen-bond donors (Lipinski definition) is 0. The van der Waals surface area contributed by atoms with Gasteiger partial charge in [0.2, 0.25) is 0 Å². The third kappa shape index (κ3) is 2.43. The molecular weight excluding hydrogens is 412 g/mol. The van der Waals surface area contributed by atoms with Gasteiger partial charge in [-0.2, -0.15) is 21.0 Å². The van der Waals surface area contributed by atoms with Gasteiger partial charge in [-0.05, 0) is 22.9 Å². The van der Waals surface area contributed by atoms with E-state index >= 15 is 0 Å². The Morgan fingerprint density at radius 3 is 1.30 bits per heavy atom. The molecule has 8 heteroatoms. The molecule has 0 spiro atoms. The second kappa shape index (κ2) is 6.62. The zero-order valence-electron chi connectivity index (χ0n) is 15.0. The minimum absolute atomic E-state index is 0.00563. The zero-order valence-corrected chi connectivity index (χ0v) is 16.6. The highest BCUT2D eigenvalue weighted by atomic mass is 32.1. The van der Waals surface area contributed by atoms with Gasteiger partial charge in [-0.3, -0.25) is 0 Å². The van der Waals surface area contributed by atoms with Crippen LogP contribution < -0.4 is 9.33 Å². The highest BCUT2D eigenvalue weighted by Gasteiger charge is 2.12. The molecule has 0 N–H and O–H groups in total. The van der Waals surface area contributed by atoms with Crippen molar-refractivity contribution in [3.05, 3.63) is 45.7 Å². The van der Waals surface area contributed by atoms with Crippen molar-refractivity contribution < 1.29 is 0 Å². The molecule has 0 amide bonds. The lowest BCUT2D eigenvalue weighted by Gasteiger charge is -2.05. The van der Waals surface area contributed by atoms with Crippen LogP contribution in [0.2, 0.25) is 0 Å². The number of rotatable bonds is 0. The molecule has 2 heterocycles. The summed E-state index contributed by atoms with van der Waals surface area (Å²) in [6.07, 6.45) is 0. The van der Waals surface area contributed by atoms with Crippen LogP contribution in [0.25, 0.3) is 53.1 Å². The summed E-state index contributed by atoms with van der Waals surface area (Å²) in [4.78, 5) is 8.88. The van der Waals surface area contributed by atoms with E-state index in [-0.39, 0.29) is 11.1 Å². The lowest BCUT2D eigenvalue weighted by molar-refractivity contribution is 1.40. The SMILES string of the molecule is N#CC(C#N)=c1nc2ccc3c4ccc5nc(=C(C#N)C#N)sc5c4ccc3c2s1. The van der Waals surface area contributed by atoms with Gasteiger partial charge in [0.25, 0.3) is 0 Å². The van der Waals surface area contributed by atoms with Gasteiger partial charge in [0.15, 0.2) is 11.1 Å². The van der Waals surface area contributed by atoms with Crippen LogP contribution in [0.15, 0.2) is 36.4 Å². The smallest absolute Gasteiger partial charge is 0.165 e. The largest absolute Gasteiger partial charge is 0.234 e. The predicted octanol–water partition coefficient (Wildman–Crippen LogP) is 3.61. The Labute approximate surface area is 176 Å². The first kappa shape index (κ1) is 17.7. The van der Waals surface area contributed by atoms with Gasteiger partial charge in [0.1, 0.15) is 33.6 Å². The minimum atomic E-state index is 0.00563. The maximum absolute atomic E-state index is 9.15. The molecular formula is C22H6N6S2. The summed E-state index contributed by atoms with van der Waals surface area (Å²) < 4.78 is 2.67. The molecule has 136 valence electrons. The van der Waals surface area contributed by atoms with Crippen molar-refractivity contribution in [1.29, 1.82) is 21.0 Å². The number of fused-ring (bicyclic) bond motifs is 7. The predicted molar refractivity (Wildman–Crippen MR) is 116 cm³/mol. The van der Waals surface area contributed by atoms with E-state index in [2.05, 4.69) is 9.97 Å². The summed E-state index contributed by atoms with van der Waals surface area (Å²) >= 11 is 2.66. The highest BCUT2D eigenvalue weighted by Crippen LogP contribution is 2.35. The average Bonchev–Trinajstić information content (AvgIpc) is 3.39. The van der Waals surface area contributed by atoms with Crippen LogP contribution in [-0.4, -0.2) is 9.97 Å². The number of nitriles is 4. The third-order valence-corrected chi connectivity index (χ3v) is 7.02. The molecule has 0 atom stereocenters. The normalized spacial score (nSPS) is 10.5. The maximum Gasteiger partial charge on any atom is 0.165 e. The molecule has 5 rings (SSSR count). The van der Waals surface area contributed by atoms with E-state index < -0.39 is 0 Å². The Bertz CT molecular complexity index is 1680. The van der Waals surface area contributed by atoms with Gasteiger partial charge in [-0.15, -0.1) is 22.7 Å². The molecule has 5 aromatic rings. The summed E-state index contributed by atoms with van der Waals surface area (Å²) in [5.74, 6) is 0. The summed E-state index contributed by atoms with van der Waals surface area (Å²) in [5.41, 5.74) is 1.50. The van der Waals surface area contributed by atoms with Crippen molar-refractivity contribution in [1.82, 2.24) is 9.97 Å². The fourth-order valence-corrected chi connectivity index (χ4v) is 5.52. The van der Waals surface area contributed by atoms with Gasteiger partial charge >= 0.3 is 0 Å². The second-order valence-corrected chi connectivity index (χ2v) is 8.32. The molecule has 30 heavy (non-hydrogen) atoms. The molecule has 0 fully saturated rings. The van der Waals surface area contributed by atoms with Gasteiger partial charge in [-0.1, -0.05) is 24.3 Å². The van der Waals surface area contributed by atoms with Gasteiger partial charge in [0, 0.05) is 10.8 Å². The molecule has 0 unspecified atom stereocenters. The first-order valence-corrected chi connectivity index (χ1v) is 10.2. The third-order valence-electron chi connectivity index (χ3n) is 4.77. The van der Waals surface area contributed by atoms with Crippen LogP contribution in [-0.2, 0) is 0 Å². The quantitative estimate of drug-likeness (QED) is 0.354. The minimum Gasteiger partial charge on any atom is -0.234 e. The van der Waals surface area contributed by atoms with Crippen LogP contribution in [0.1, 0.15) is 0 Å². The van der Waals surface area contributed by atoms with Crippen LogP contribution in [0.3, 0.4) is 0 Å². The van der Waals surface area contributed by atoms with E-state index in [1.165, 1.54) is 22.7 Å². The second-order valence-electron chi connectivity index (χ2n) is 6.32. The number of hydrogen-bond acceptors (Lipinski definition) is 8. The summed E-state index contributed by atoms with van der Waals surface area (Å²) in [6.45, 7) is 0. The highest BCUT2D eigenvalue weighted by molar-refractivity contribution is 7.18. The lowest BCUT2D eigenvalue weighted by Crippen LogP contribution is -2.00. The number of benzene rings is 3. The van der Waals surface area contributed by atoms with Crippen molar-refractivity contribution in [3.63, 3.8) is 0 Å². The van der Waals surface area contributed by atoms with Crippen molar-refractivity contribution in [2.24, 2.45) is 0 Å². The van der Waals surface area contributed by atoms with Crippen molar-refractivity contribution in [3.8, 4) is 24.3 Å². The van der Waals surface area contributed by atoms with Crippen molar-refractivity contribution in [2.75, 3.05) is 0 Å². The van der Waals surface area contributed by atoms with E-state index in [0.717, 1.165) is 42.0 Å². The summed E-state index contributed by atoms with van der Waals surface area (Å²) in [7, 11) is 0. The Morgan fingerprint density at radius 2 is 0.933 bits per heavy atom. The van der Waals surface area contributed by atoms with E-state index in [0.29, 0.717) is 9.33 Å². The van der Waals surface area contributed by atoms with Crippen LogP contribution in [0.4, 0.5) is 0 Å². The molecule has 6 nitrogen and oxygen atoms in total. The standard InChI is InChI=1S/C22H6N6S2/c23-7-11(8-24)21-27-17-5-3-13-14-4-6-18-20(30-22(28-18)12(9-25)10-26)16(14)2-1-15(13)19(17)29-21/h1-6H. The van der Waals surface area contributed by atoms with Crippen molar-refractivity contribution >= 4 is 75.8 Å². The van der Waals surface area contributed by atoms with E-state index in [9.17, 15) is 0 Å². The molecule has 0 aliphatic carbocycles. The van der Waals surface area contributed by atoms with Gasteiger partial charge < -0.3 is 0 Å². The molecule has 0 saturated heterocycles. The summed E-state index contributed by atoms with van der Waals surface area (Å²) in [5, 5.41) is 40.6. The first-order chi connectivity index (χ1) is 14.7. The number of nitrogens with zero attached hydrogens (tertiary/aromatic N) is 6. The van der Waals surface area contributed by atoms with Gasteiger partial charge in [0.05, 0.1) is 20.4 Å².